The van der Waals surface area contributed by atoms with Crippen LogP contribution >= 0.6 is 7.82 Å². The second-order valence-corrected chi connectivity index (χ2v) is 16.8. The Morgan fingerprint density at radius 3 is 1.25 bits per heavy atom. The number of phosphoric acid groups is 1. The molecule has 0 aliphatic carbocycles. The van der Waals surface area contributed by atoms with Crippen molar-refractivity contribution in [3.63, 3.8) is 0 Å². The molecule has 53 heavy (non-hydrogen) atoms. The third kappa shape index (κ3) is 32.9. The van der Waals surface area contributed by atoms with Gasteiger partial charge < -0.3 is 18.9 Å². The molecule has 2 atom stereocenters. The second kappa shape index (κ2) is 36.6. The zero-order valence-corrected chi connectivity index (χ0v) is 36.4. The maximum Gasteiger partial charge on any atom is 0.472 e. The number of ether oxygens (including phenoxy) is 2. The van der Waals surface area contributed by atoms with Crippen LogP contribution in [-0.4, -0.2) is 73.4 Å². The first-order valence-corrected chi connectivity index (χ1v) is 24.0. The van der Waals surface area contributed by atoms with Crippen LogP contribution in [0.5, 0.6) is 0 Å². The summed E-state index contributed by atoms with van der Waals surface area (Å²) in [4.78, 5) is 35.6. The summed E-state index contributed by atoms with van der Waals surface area (Å²) < 4.78 is 35.1. The molecule has 0 heterocycles. The van der Waals surface area contributed by atoms with Crippen LogP contribution in [-0.2, 0) is 32.7 Å². The highest BCUT2D eigenvalue weighted by atomic mass is 31.2. The van der Waals surface area contributed by atoms with Crippen molar-refractivity contribution in [2.75, 3.05) is 46.0 Å². The first-order chi connectivity index (χ1) is 25.7. The number of carbonyl (C=O) groups is 2. The number of rotatable bonds is 41. The van der Waals surface area contributed by atoms with Gasteiger partial charge in [-0.3, -0.25) is 18.6 Å². The molecule has 0 saturated heterocycles. The maximum atomic E-state index is 12.7. The third-order valence-corrected chi connectivity index (χ3v) is 11.9. The van der Waals surface area contributed by atoms with E-state index in [4.69, 9.17) is 18.5 Å². The number of carbonyl (C=O) groups excluding carboxylic acids is 2. The predicted molar refractivity (Wildman–Crippen MR) is 220 cm³/mol. The molecule has 0 spiro atoms. The van der Waals surface area contributed by atoms with Crippen molar-refractivity contribution in [3.8, 4) is 0 Å². The summed E-state index contributed by atoms with van der Waals surface area (Å²) >= 11 is 0. The van der Waals surface area contributed by atoms with Gasteiger partial charge in [-0.15, -0.1) is 0 Å². The van der Waals surface area contributed by atoms with E-state index in [9.17, 15) is 19.0 Å². The Morgan fingerprint density at radius 2 is 0.868 bits per heavy atom. The monoisotopic (exact) mass is 777 g/mol. The smallest absolute Gasteiger partial charge is 0.462 e. The summed E-state index contributed by atoms with van der Waals surface area (Å²) in [5, 5.41) is 0. The Bertz CT molecular complexity index is 876. The standard InChI is InChI=1S/C43H86NO8P/c1-6-11-13-15-17-19-21-23-25-27-29-31-33-35-42(45)49-39-41(40-51-53(47,48)50-38-37-44(8-3,9-4)10-5)52-43(46)36-34-32-30-28-26-24-22-20-18-16-14-12-7-2/h41H,6-40H2,1-5H3/p+1. The lowest BCUT2D eigenvalue weighted by molar-refractivity contribution is -0.923. The number of likely N-dealkylation sites (N-methyl/N-ethyl adjacent to an activating group) is 1. The minimum absolute atomic E-state index is 0.0703. The normalized spacial score (nSPS) is 13.5. The highest BCUT2D eigenvalue weighted by Gasteiger charge is 2.28. The van der Waals surface area contributed by atoms with Crippen molar-refractivity contribution in [2.24, 2.45) is 0 Å². The third-order valence-electron chi connectivity index (χ3n) is 11.0. The molecule has 0 saturated carbocycles. The van der Waals surface area contributed by atoms with E-state index in [0.29, 0.717) is 13.0 Å². The largest absolute Gasteiger partial charge is 0.472 e. The molecular weight excluding hydrogens is 689 g/mol. The lowest BCUT2D eigenvalue weighted by atomic mass is 10.0. The zero-order chi connectivity index (χ0) is 39.3. The Labute approximate surface area is 327 Å². The summed E-state index contributed by atoms with van der Waals surface area (Å²) in [6, 6.07) is 0. The molecule has 0 aliphatic rings. The van der Waals surface area contributed by atoms with Gasteiger partial charge in [0.15, 0.2) is 6.10 Å². The van der Waals surface area contributed by atoms with Crippen molar-refractivity contribution in [2.45, 2.75) is 221 Å². The molecule has 0 aromatic heterocycles. The fourth-order valence-electron chi connectivity index (χ4n) is 6.90. The van der Waals surface area contributed by atoms with E-state index in [1.165, 1.54) is 128 Å². The van der Waals surface area contributed by atoms with Crippen LogP contribution in [0.15, 0.2) is 0 Å². The van der Waals surface area contributed by atoms with Gasteiger partial charge in [-0.05, 0) is 33.6 Å². The molecule has 0 aromatic carbocycles. The SMILES string of the molecule is CCCCCCCCCCCCCCCC(=O)OCC(COP(=O)(O)OCC[N+](CC)(CC)CC)OC(=O)CCCCCCCCCCCCCCC. The number of hydrogen-bond acceptors (Lipinski definition) is 7. The molecule has 10 heteroatoms. The molecule has 0 aromatic rings. The van der Waals surface area contributed by atoms with Crippen molar-refractivity contribution >= 4 is 19.8 Å². The molecular formula is C43H87NO8P+. The van der Waals surface area contributed by atoms with Gasteiger partial charge in [0, 0.05) is 12.8 Å². The topological polar surface area (TPSA) is 108 Å². The Kier molecular flexibility index (Phi) is 36.0. The highest BCUT2D eigenvalue weighted by Crippen LogP contribution is 2.43. The zero-order valence-electron chi connectivity index (χ0n) is 35.5. The van der Waals surface area contributed by atoms with E-state index < -0.39 is 19.9 Å². The van der Waals surface area contributed by atoms with Crippen molar-refractivity contribution < 1.29 is 42.1 Å². The van der Waals surface area contributed by atoms with Gasteiger partial charge in [-0.1, -0.05) is 168 Å². The van der Waals surface area contributed by atoms with Gasteiger partial charge in [0.1, 0.15) is 19.8 Å². The van der Waals surface area contributed by atoms with E-state index in [1.54, 1.807) is 0 Å². The molecule has 0 radical (unpaired) electrons. The van der Waals surface area contributed by atoms with E-state index in [2.05, 4.69) is 34.6 Å². The number of nitrogens with zero attached hydrogens (tertiary/aromatic N) is 1. The fourth-order valence-corrected chi connectivity index (χ4v) is 7.64. The van der Waals surface area contributed by atoms with Gasteiger partial charge in [0.05, 0.1) is 26.2 Å². The first-order valence-electron chi connectivity index (χ1n) is 22.5. The van der Waals surface area contributed by atoms with Crippen molar-refractivity contribution in [1.82, 2.24) is 0 Å². The van der Waals surface area contributed by atoms with E-state index in [1.807, 2.05) is 0 Å². The van der Waals surface area contributed by atoms with Crippen LogP contribution in [0.25, 0.3) is 0 Å². The first kappa shape index (κ1) is 52.0. The van der Waals surface area contributed by atoms with Gasteiger partial charge >= 0.3 is 19.8 Å². The van der Waals surface area contributed by atoms with E-state index in [0.717, 1.165) is 62.6 Å². The lowest BCUT2D eigenvalue weighted by Crippen LogP contribution is -2.49. The van der Waals surface area contributed by atoms with Crippen molar-refractivity contribution in [1.29, 1.82) is 0 Å². The summed E-state index contributed by atoms with van der Waals surface area (Å²) in [6.45, 7) is 13.5. The summed E-state index contributed by atoms with van der Waals surface area (Å²) in [6.07, 6.45) is 31.4. The Balaban J connectivity index is 4.54. The van der Waals surface area contributed by atoms with Crippen LogP contribution in [0.3, 0.4) is 0 Å². The van der Waals surface area contributed by atoms with E-state index >= 15 is 0 Å². The number of phosphoric ester groups is 1. The molecule has 1 N–H and O–H groups in total. The average Bonchev–Trinajstić information content (AvgIpc) is 3.15. The summed E-state index contributed by atoms with van der Waals surface area (Å²) in [5.41, 5.74) is 0. The van der Waals surface area contributed by atoms with Crippen LogP contribution in [0.4, 0.5) is 0 Å². The Morgan fingerprint density at radius 1 is 0.509 bits per heavy atom. The molecule has 316 valence electrons. The average molecular weight is 777 g/mol. The van der Waals surface area contributed by atoms with Gasteiger partial charge in [0.2, 0.25) is 0 Å². The molecule has 0 rings (SSSR count). The molecule has 9 nitrogen and oxygen atoms in total. The molecule has 2 unspecified atom stereocenters. The van der Waals surface area contributed by atoms with Gasteiger partial charge in [-0.2, -0.15) is 0 Å². The number of unbranched alkanes of at least 4 members (excludes halogenated alkanes) is 24. The van der Waals surface area contributed by atoms with E-state index in [-0.39, 0.29) is 32.2 Å². The molecule has 0 bridgehead atoms. The van der Waals surface area contributed by atoms with Gasteiger partial charge in [0.25, 0.3) is 0 Å². The van der Waals surface area contributed by atoms with Crippen LogP contribution in [0.2, 0.25) is 0 Å². The maximum absolute atomic E-state index is 12.7. The van der Waals surface area contributed by atoms with Gasteiger partial charge in [-0.25, -0.2) is 4.57 Å². The number of hydrogen-bond donors (Lipinski definition) is 1. The number of quaternary nitrogens is 1. The number of esters is 2. The summed E-state index contributed by atoms with van der Waals surface area (Å²) in [5.74, 6) is -0.777. The van der Waals surface area contributed by atoms with Crippen molar-refractivity contribution in [3.05, 3.63) is 0 Å². The Hall–Kier alpha value is -0.990. The lowest BCUT2D eigenvalue weighted by Gasteiger charge is -2.35. The van der Waals surface area contributed by atoms with Crippen LogP contribution in [0.1, 0.15) is 214 Å². The summed E-state index contributed by atoms with van der Waals surface area (Å²) in [7, 11) is -4.39. The molecule has 0 fully saturated rings. The molecule has 0 amide bonds. The quantitative estimate of drug-likeness (QED) is 0.0283. The van der Waals surface area contributed by atoms with Crippen LogP contribution < -0.4 is 0 Å². The van der Waals surface area contributed by atoms with Crippen LogP contribution in [0, 0.1) is 0 Å². The minimum atomic E-state index is -4.39. The second-order valence-electron chi connectivity index (χ2n) is 15.4. The fraction of sp³-hybridized carbons (Fsp3) is 0.953. The highest BCUT2D eigenvalue weighted by molar-refractivity contribution is 7.47. The minimum Gasteiger partial charge on any atom is -0.462 e. The molecule has 0 aliphatic heterocycles. The predicted octanol–water partition coefficient (Wildman–Crippen LogP) is 12.4.